The first-order valence-electron chi connectivity index (χ1n) is 11.3. The first-order valence-corrected chi connectivity index (χ1v) is 11.3. The van der Waals surface area contributed by atoms with Crippen molar-refractivity contribution in [2.75, 3.05) is 19.7 Å². The summed E-state index contributed by atoms with van der Waals surface area (Å²) in [5.41, 5.74) is -0.336. The highest BCUT2D eigenvalue weighted by Crippen LogP contribution is 2.32. The van der Waals surface area contributed by atoms with E-state index in [1.165, 1.54) is 12.1 Å². The van der Waals surface area contributed by atoms with Crippen LogP contribution in [0.25, 0.3) is 22.2 Å². The number of carbonyl (C=O) groups excluding carboxylic acids is 1. The average Bonchev–Trinajstić information content (AvgIpc) is 3.37. The zero-order valence-corrected chi connectivity index (χ0v) is 18.7. The molecule has 35 heavy (non-hydrogen) atoms. The minimum atomic E-state index is -4.41. The normalized spacial score (nSPS) is 16.4. The molecule has 6 nitrogen and oxygen atoms in total. The lowest BCUT2D eigenvalue weighted by Crippen LogP contribution is -2.41. The molecule has 0 saturated carbocycles. The second-order valence-electron chi connectivity index (χ2n) is 8.50. The Bertz CT molecular complexity index is 1330. The average molecular weight is 481 g/mol. The minimum Gasteiger partial charge on any atom is -0.484 e. The summed E-state index contributed by atoms with van der Waals surface area (Å²) >= 11 is 0. The van der Waals surface area contributed by atoms with E-state index in [1.54, 1.807) is 4.90 Å². The van der Waals surface area contributed by atoms with Gasteiger partial charge in [0.05, 0.1) is 11.5 Å². The van der Waals surface area contributed by atoms with Crippen LogP contribution in [-0.4, -0.2) is 40.7 Å². The summed E-state index contributed by atoms with van der Waals surface area (Å²) in [6.45, 7) is 0.941. The number of alkyl halides is 3. The molecular weight excluding hydrogens is 459 g/mol. The third-order valence-electron chi connectivity index (χ3n) is 6.11. The van der Waals surface area contributed by atoms with E-state index in [0.29, 0.717) is 30.3 Å². The van der Waals surface area contributed by atoms with E-state index in [-0.39, 0.29) is 24.3 Å². The molecule has 1 aromatic heterocycles. The number of rotatable bonds is 5. The summed E-state index contributed by atoms with van der Waals surface area (Å²) in [6, 6.07) is 18.2. The van der Waals surface area contributed by atoms with Crippen LogP contribution in [0.3, 0.4) is 0 Å². The van der Waals surface area contributed by atoms with Crippen LogP contribution in [0.2, 0.25) is 0 Å². The first-order chi connectivity index (χ1) is 16.9. The fourth-order valence-corrected chi connectivity index (χ4v) is 4.22. The van der Waals surface area contributed by atoms with Crippen molar-refractivity contribution in [3.8, 4) is 17.2 Å². The Kier molecular flexibility index (Phi) is 6.15. The van der Waals surface area contributed by atoms with E-state index in [2.05, 4.69) is 10.2 Å². The van der Waals surface area contributed by atoms with Crippen molar-refractivity contribution in [1.82, 2.24) is 15.1 Å². The van der Waals surface area contributed by atoms with Gasteiger partial charge in [0.1, 0.15) is 5.75 Å². The van der Waals surface area contributed by atoms with Crippen LogP contribution in [-0.2, 0) is 11.0 Å². The van der Waals surface area contributed by atoms with Crippen LogP contribution in [0.15, 0.2) is 71.1 Å². The Morgan fingerprint density at radius 3 is 2.57 bits per heavy atom. The Balaban J connectivity index is 1.21. The highest BCUT2D eigenvalue weighted by atomic mass is 19.4. The fraction of sp³-hybridized carbons (Fsp3) is 0.269. The Hall–Kier alpha value is -3.88. The SMILES string of the molecule is O=C(COc1ccc2ccccc2c1)N1CCCC(c2nnc(-c3ccc(C(F)(F)F)cc3)o2)C1. The number of hydrogen-bond acceptors (Lipinski definition) is 5. The van der Waals surface area contributed by atoms with Crippen molar-refractivity contribution >= 4 is 16.7 Å². The van der Waals surface area contributed by atoms with Gasteiger partial charge in [-0.05, 0) is 60.0 Å². The molecule has 4 aromatic rings. The van der Waals surface area contributed by atoms with Crippen molar-refractivity contribution < 1.29 is 27.1 Å². The molecule has 0 N–H and O–H groups in total. The quantitative estimate of drug-likeness (QED) is 0.366. The second kappa shape index (κ2) is 9.40. The van der Waals surface area contributed by atoms with Gasteiger partial charge < -0.3 is 14.1 Å². The molecule has 5 rings (SSSR count). The largest absolute Gasteiger partial charge is 0.484 e. The molecule has 1 aliphatic rings. The van der Waals surface area contributed by atoms with Gasteiger partial charge in [0.25, 0.3) is 5.91 Å². The fourth-order valence-electron chi connectivity index (χ4n) is 4.22. The molecule has 1 amide bonds. The van der Waals surface area contributed by atoms with Gasteiger partial charge in [-0.15, -0.1) is 10.2 Å². The molecular formula is C26H22F3N3O3. The van der Waals surface area contributed by atoms with Gasteiger partial charge in [-0.3, -0.25) is 4.79 Å². The lowest BCUT2D eigenvalue weighted by molar-refractivity contribution is -0.137. The number of carbonyl (C=O) groups is 1. The number of amides is 1. The number of halogens is 3. The van der Waals surface area contributed by atoms with Gasteiger partial charge in [-0.2, -0.15) is 13.2 Å². The molecule has 1 atom stereocenters. The van der Waals surface area contributed by atoms with Crippen LogP contribution >= 0.6 is 0 Å². The van der Waals surface area contributed by atoms with Crippen LogP contribution in [0.5, 0.6) is 5.75 Å². The molecule has 0 spiro atoms. The van der Waals surface area contributed by atoms with Crippen LogP contribution in [0, 0.1) is 0 Å². The minimum absolute atomic E-state index is 0.0777. The van der Waals surface area contributed by atoms with Gasteiger partial charge in [0.2, 0.25) is 11.8 Å². The van der Waals surface area contributed by atoms with Crippen LogP contribution < -0.4 is 4.74 Å². The Morgan fingerprint density at radius 2 is 1.80 bits per heavy atom. The monoisotopic (exact) mass is 481 g/mol. The predicted molar refractivity (Wildman–Crippen MR) is 123 cm³/mol. The van der Waals surface area contributed by atoms with Crippen molar-refractivity contribution in [3.63, 3.8) is 0 Å². The number of likely N-dealkylation sites (tertiary alicyclic amines) is 1. The number of piperidine rings is 1. The van der Waals surface area contributed by atoms with E-state index in [4.69, 9.17) is 9.15 Å². The summed E-state index contributed by atoms with van der Waals surface area (Å²) in [4.78, 5) is 14.5. The van der Waals surface area contributed by atoms with E-state index in [1.807, 2.05) is 42.5 Å². The van der Waals surface area contributed by atoms with Crippen LogP contribution in [0.1, 0.15) is 30.2 Å². The zero-order chi connectivity index (χ0) is 24.4. The van der Waals surface area contributed by atoms with Gasteiger partial charge in [0.15, 0.2) is 6.61 Å². The Morgan fingerprint density at radius 1 is 1.03 bits per heavy atom. The number of hydrogen-bond donors (Lipinski definition) is 0. The number of aromatic nitrogens is 2. The zero-order valence-electron chi connectivity index (χ0n) is 18.7. The topological polar surface area (TPSA) is 68.5 Å². The molecule has 1 aliphatic heterocycles. The highest BCUT2D eigenvalue weighted by Gasteiger charge is 2.31. The van der Waals surface area contributed by atoms with Crippen molar-refractivity contribution in [1.29, 1.82) is 0 Å². The molecule has 1 saturated heterocycles. The summed E-state index contributed by atoms with van der Waals surface area (Å²) in [7, 11) is 0. The van der Waals surface area contributed by atoms with Crippen molar-refractivity contribution in [2.45, 2.75) is 24.9 Å². The number of benzene rings is 3. The second-order valence-corrected chi connectivity index (χ2v) is 8.50. The van der Waals surface area contributed by atoms with Gasteiger partial charge >= 0.3 is 6.18 Å². The molecule has 2 heterocycles. The molecule has 3 aromatic carbocycles. The van der Waals surface area contributed by atoms with E-state index in [0.717, 1.165) is 35.7 Å². The standard InChI is InChI=1S/C26H22F3N3O3/c27-26(28,29)21-10-7-18(8-11-21)24-30-31-25(35-24)20-6-3-13-32(15-20)23(33)16-34-22-12-9-17-4-1-2-5-19(17)14-22/h1-2,4-5,7-12,14,20H,3,6,13,15-16H2. The lowest BCUT2D eigenvalue weighted by atomic mass is 9.98. The van der Waals surface area contributed by atoms with Gasteiger partial charge in [-0.25, -0.2) is 0 Å². The highest BCUT2D eigenvalue weighted by molar-refractivity contribution is 5.84. The predicted octanol–water partition coefficient (Wildman–Crippen LogP) is 5.69. The van der Waals surface area contributed by atoms with Gasteiger partial charge in [-0.1, -0.05) is 30.3 Å². The van der Waals surface area contributed by atoms with E-state index in [9.17, 15) is 18.0 Å². The smallest absolute Gasteiger partial charge is 0.416 e. The van der Waals surface area contributed by atoms with Crippen molar-refractivity contribution in [2.24, 2.45) is 0 Å². The number of ether oxygens (including phenoxy) is 1. The third-order valence-corrected chi connectivity index (χ3v) is 6.11. The van der Waals surface area contributed by atoms with Crippen molar-refractivity contribution in [3.05, 3.63) is 78.2 Å². The summed E-state index contributed by atoms with van der Waals surface area (Å²) in [5, 5.41) is 10.2. The molecule has 1 unspecified atom stereocenters. The summed E-state index contributed by atoms with van der Waals surface area (Å²) in [6.07, 6.45) is -2.87. The Labute approximate surface area is 199 Å². The van der Waals surface area contributed by atoms with E-state index < -0.39 is 11.7 Å². The molecule has 0 aliphatic carbocycles. The number of fused-ring (bicyclic) bond motifs is 1. The summed E-state index contributed by atoms with van der Waals surface area (Å²) in [5.74, 6) is 0.864. The molecule has 180 valence electrons. The third kappa shape index (κ3) is 5.13. The van der Waals surface area contributed by atoms with Gasteiger partial charge in [0, 0.05) is 18.7 Å². The number of nitrogens with zero attached hydrogens (tertiary/aromatic N) is 3. The first kappa shape index (κ1) is 22.9. The van der Waals surface area contributed by atoms with Crippen LogP contribution in [0.4, 0.5) is 13.2 Å². The summed E-state index contributed by atoms with van der Waals surface area (Å²) < 4.78 is 49.9. The molecule has 9 heteroatoms. The maximum absolute atomic E-state index is 12.8. The lowest BCUT2D eigenvalue weighted by Gasteiger charge is -2.31. The molecule has 1 fully saturated rings. The maximum Gasteiger partial charge on any atom is 0.416 e. The van der Waals surface area contributed by atoms with E-state index >= 15 is 0 Å². The molecule has 0 radical (unpaired) electrons. The molecule has 0 bridgehead atoms. The maximum atomic E-state index is 12.8.